The molecule has 1 amide bonds. The summed E-state index contributed by atoms with van der Waals surface area (Å²) in [5.74, 6) is -1.22. The van der Waals surface area contributed by atoms with Crippen molar-refractivity contribution < 1.29 is 14.7 Å². The smallest absolute Gasteiger partial charge is 0.326 e. The molecule has 0 aliphatic heterocycles. The molecule has 0 spiro atoms. The normalized spacial score (nSPS) is 12.4. The Morgan fingerprint density at radius 3 is 2.59 bits per heavy atom. The quantitative estimate of drug-likeness (QED) is 0.890. The maximum absolute atomic E-state index is 12.5. The number of hydrogen-bond acceptors (Lipinski definition) is 3. The first kappa shape index (κ1) is 15.9. The van der Waals surface area contributed by atoms with Crippen LogP contribution in [-0.2, 0) is 4.79 Å². The summed E-state index contributed by atoms with van der Waals surface area (Å²) in [4.78, 5) is 28.2. The summed E-state index contributed by atoms with van der Waals surface area (Å²) in [6.45, 7) is 5.66. The maximum Gasteiger partial charge on any atom is 0.326 e. The summed E-state index contributed by atoms with van der Waals surface area (Å²) in [6, 6.07) is 8.14. The van der Waals surface area contributed by atoms with Crippen LogP contribution in [0.2, 0.25) is 0 Å². The molecule has 2 N–H and O–H groups in total. The third-order valence-electron chi connectivity index (χ3n) is 3.40. The summed E-state index contributed by atoms with van der Waals surface area (Å²) in [5.41, 5.74) is 1.90. The van der Waals surface area contributed by atoms with Gasteiger partial charge in [0.15, 0.2) is 0 Å². The summed E-state index contributed by atoms with van der Waals surface area (Å²) in [7, 11) is 0. The van der Waals surface area contributed by atoms with Gasteiger partial charge in [-0.3, -0.25) is 9.78 Å². The van der Waals surface area contributed by atoms with E-state index in [0.29, 0.717) is 12.0 Å². The summed E-state index contributed by atoms with van der Waals surface area (Å²) in [6.07, 6.45) is 0.392. The van der Waals surface area contributed by atoms with E-state index in [-0.39, 0.29) is 11.8 Å². The zero-order chi connectivity index (χ0) is 16.3. The van der Waals surface area contributed by atoms with Crippen LogP contribution in [-0.4, -0.2) is 28.0 Å². The summed E-state index contributed by atoms with van der Waals surface area (Å²) in [5, 5.41) is 12.6. The fourth-order valence-corrected chi connectivity index (χ4v) is 2.42. The number of nitrogens with one attached hydrogen (secondary N) is 1. The lowest BCUT2D eigenvalue weighted by atomic mass is 10.0. The van der Waals surface area contributed by atoms with Crippen LogP contribution in [0.3, 0.4) is 0 Å². The van der Waals surface area contributed by atoms with Crippen LogP contribution in [0.5, 0.6) is 0 Å². The zero-order valence-corrected chi connectivity index (χ0v) is 13.0. The largest absolute Gasteiger partial charge is 0.480 e. The van der Waals surface area contributed by atoms with Gasteiger partial charge in [0.25, 0.3) is 5.91 Å². The lowest BCUT2D eigenvalue weighted by molar-refractivity contribution is -0.139. The Labute approximate surface area is 129 Å². The molecule has 2 rings (SSSR count). The SMILES string of the molecule is Cc1cc(C(=O)N[C@H](CC(C)C)C(=O)O)c2ccccc2n1. The third kappa shape index (κ3) is 3.61. The second-order valence-electron chi connectivity index (χ2n) is 5.82. The van der Waals surface area contributed by atoms with Gasteiger partial charge in [0.05, 0.1) is 11.1 Å². The molecule has 1 aromatic carbocycles. The molecule has 0 unspecified atom stereocenters. The number of rotatable bonds is 5. The molecular weight excluding hydrogens is 280 g/mol. The molecule has 116 valence electrons. The summed E-state index contributed by atoms with van der Waals surface area (Å²) >= 11 is 0. The highest BCUT2D eigenvalue weighted by Crippen LogP contribution is 2.18. The number of fused-ring (bicyclic) bond motifs is 1. The van der Waals surface area contributed by atoms with E-state index in [4.69, 9.17) is 0 Å². The number of carbonyl (C=O) groups is 2. The number of para-hydroxylation sites is 1. The number of carbonyl (C=O) groups excluding carboxylic acids is 1. The monoisotopic (exact) mass is 300 g/mol. The van der Waals surface area contributed by atoms with E-state index < -0.39 is 12.0 Å². The Morgan fingerprint density at radius 2 is 1.95 bits per heavy atom. The first-order valence-electron chi connectivity index (χ1n) is 7.28. The predicted octanol–water partition coefficient (Wildman–Crippen LogP) is 2.77. The van der Waals surface area contributed by atoms with Gasteiger partial charge in [-0.2, -0.15) is 0 Å². The highest BCUT2D eigenvalue weighted by molar-refractivity contribution is 6.07. The number of amides is 1. The van der Waals surface area contributed by atoms with E-state index in [1.54, 1.807) is 6.07 Å². The maximum atomic E-state index is 12.5. The minimum absolute atomic E-state index is 0.178. The Kier molecular flexibility index (Phi) is 4.75. The predicted molar refractivity (Wildman–Crippen MR) is 84.8 cm³/mol. The van der Waals surface area contributed by atoms with Gasteiger partial charge >= 0.3 is 5.97 Å². The van der Waals surface area contributed by atoms with Gasteiger partial charge in [0, 0.05) is 11.1 Å². The second kappa shape index (κ2) is 6.56. The standard InChI is InChI=1S/C17H20N2O3/c1-10(2)8-15(17(21)22)19-16(20)13-9-11(3)18-14-7-5-4-6-12(13)14/h4-7,9-10,15H,8H2,1-3H3,(H,19,20)(H,21,22)/t15-/m1/s1. The van der Waals surface area contributed by atoms with E-state index in [1.165, 1.54) is 0 Å². The van der Waals surface area contributed by atoms with Crippen molar-refractivity contribution in [2.24, 2.45) is 5.92 Å². The highest BCUT2D eigenvalue weighted by Gasteiger charge is 2.22. The molecule has 1 heterocycles. The molecule has 1 aromatic heterocycles. The van der Waals surface area contributed by atoms with Crippen LogP contribution in [0.15, 0.2) is 30.3 Å². The van der Waals surface area contributed by atoms with Crippen molar-refractivity contribution in [1.82, 2.24) is 10.3 Å². The molecule has 0 aliphatic carbocycles. The Morgan fingerprint density at radius 1 is 1.27 bits per heavy atom. The molecule has 0 radical (unpaired) electrons. The molecule has 5 nitrogen and oxygen atoms in total. The Balaban J connectivity index is 2.35. The average molecular weight is 300 g/mol. The number of carboxylic acids is 1. The van der Waals surface area contributed by atoms with Crippen molar-refractivity contribution in [3.63, 3.8) is 0 Å². The van der Waals surface area contributed by atoms with Gasteiger partial charge < -0.3 is 10.4 Å². The van der Waals surface area contributed by atoms with Gasteiger partial charge in [0.2, 0.25) is 0 Å². The van der Waals surface area contributed by atoms with Crippen molar-refractivity contribution in [2.75, 3.05) is 0 Å². The lowest BCUT2D eigenvalue weighted by Crippen LogP contribution is -2.41. The topological polar surface area (TPSA) is 79.3 Å². The van der Waals surface area contributed by atoms with Crippen molar-refractivity contribution in [2.45, 2.75) is 33.2 Å². The minimum Gasteiger partial charge on any atom is -0.480 e. The van der Waals surface area contributed by atoms with Crippen LogP contribution in [0, 0.1) is 12.8 Å². The molecule has 5 heteroatoms. The van der Waals surface area contributed by atoms with E-state index in [0.717, 1.165) is 16.6 Å². The number of pyridine rings is 1. The lowest BCUT2D eigenvalue weighted by Gasteiger charge is -2.17. The fraction of sp³-hybridized carbons (Fsp3) is 0.353. The van der Waals surface area contributed by atoms with Gasteiger partial charge in [-0.05, 0) is 31.4 Å². The van der Waals surface area contributed by atoms with Gasteiger partial charge in [-0.1, -0.05) is 32.0 Å². The van der Waals surface area contributed by atoms with Crippen molar-refractivity contribution in [3.05, 3.63) is 41.6 Å². The van der Waals surface area contributed by atoms with Crippen LogP contribution >= 0.6 is 0 Å². The van der Waals surface area contributed by atoms with E-state index in [1.807, 2.05) is 45.0 Å². The number of hydrogen-bond donors (Lipinski definition) is 2. The first-order chi connectivity index (χ1) is 10.4. The van der Waals surface area contributed by atoms with E-state index >= 15 is 0 Å². The molecule has 0 bridgehead atoms. The Bertz CT molecular complexity index is 710. The molecule has 2 aromatic rings. The van der Waals surface area contributed by atoms with Gasteiger partial charge in [-0.15, -0.1) is 0 Å². The molecule has 22 heavy (non-hydrogen) atoms. The molecule has 0 aliphatic rings. The van der Waals surface area contributed by atoms with Crippen molar-refractivity contribution in [3.8, 4) is 0 Å². The number of nitrogens with zero attached hydrogens (tertiary/aromatic N) is 1. The summed E-state index contributed by atoms with van der Waals surface area (Å²) < 4.78 is 0. The van der Waals surface area contributed by atoms with Crippen LogP contribution < -0.4 is 5.32 Å². The fourth-order valence-electron chi connectivity index (χ4n) is 2.42. The molecular formula is C17H20N2O3. The van der Waals surface area contributed by atoms with Crippen LogP contribution in [0.4, 0.5) is 0 Å². The number of aryl methyl sites for hydroxylation is 1. The molecule has 0 fully saturated rings. The molecule has 0 saturated carbocycles. The number of carboxylic acid groups (broad SMARTS) is 1. The van der Waals surface area contributed by atoms with Gasteiger partial charge in [-0.25, -0.2) is 4.79 Å². The second-order valence-corrected chi connectivity index (χ2v) is 5.82. The van der Waals surface area contributed by atoms with Crippen LogP contribution in [0.1, 0.15) is 36.3 Å². The van der Waals surface area contributed by atoms with Gasteiger partial charge in [0.1, 0.15) is 6.04 Å². The Hall–Kier alpha value is -2.43. The van der Waals surface area contributed by atoms with E-state index in [2.05, 4.69) is 10.3 Å². The zero-order valence-electron chi connectivity index (χ0n) is 13.0. The average Bonchev–Trinajstić information content (AvgIpc) is 2.44. The molecule has 1 atom stereocenters. The number of aliphatic carboxylic acids is 1. The van der Waals surface area contributed by atoms with Crippen molar-refractivity contribution >= 4 is 22.8 Å². The van der Waals surface area contributed by atoms with Crippen molar-refractivity contribution in [1.29, 1.82) is 0 Å². The van der Waals surface area contributed by atoms with Crippen LogP contribution in [0.25, 0.3) is 10.9 Å². The van der Waals surface area contributed by atoms with E-state index in [9.17, 15) is 14.7 Å². The highest BCUT2D eigenvalue weighted by atomic mass is 16.4. The first-order valence-corrected chi connectivity index (χ1v) is 7.28. The number of benzene rings is 1. The minimum atomic E-state index is -1.02. The third-order valence-corrected chi connectivity index (χ3v) is 3.40. The number of aromatic nitrogens is 1. The molecule has 0 saturated heterocycles.